The molecule has 1 rings (SSSR count). The molecule has 1 heterocycles. The van der Waals surface area contributed by atoms with Crippen LogP contribution < -0.4 is 10.6 Å². The Morgan fingerprint density at radius 1 is 1.56 bits per heavy atom. The third-order valence-corrected chi connectivity index (χ3v) is 3.35. The van der Waals surface area contributed by atoms with Gasteiger partial charge in [-0.25, -0.2) is 0 Å². The van der Waals surface area contributed by atoms with E-state index in [1.54, 1.807) is 0 Å². The van der Waals surface area contributed by atoms with Crippen LogP contribution in [0, 0.1) is 11.8 Å². The van der Waals surface area contributed by atoms with Crippen LogP contribution in [0.25, 0.3) is 0 Å². The Morgan fingerprint density at radius 3 is 3.00 bits per heavy atom. The van der Waals surface area contributed by atoms with Crippen LogP contribution in [0.1, 0.15) is 46.0 Å². The maximum Gasteiger partial charge on any atom is 0.220 e. The second kappa shape index (κ2) is 7.66. The van der Waals surface area contributed by atoms with Gasteiger partial charge in [0.15, 0.2) is 0 Å². The number of amides is 1. The smallest absolute Gasteiger partial charge is 0.220 e. The lowest BCUT2D eigenvalue weighted by molar-refractivity contribution is -0.121. The Hall–Kier alpha value is -0.570. The highest BCUT2D eigenvalue weighted by atomic mass is 16.1. The minimum Gasteiger partial charge on any atom is -0.356 e. The van der Waals surface area contributed by atoms with E-state index in [4.69, 9.17) is 0 Å². The molecule has 0 aromatic carbocycles. The van der Waals surface area contributed by atoms with Crippen molar-refractivity contribution in [2.45, 2.75) is 46.0 Å². The summed E-state index contributed by atoms with van der Waals surface area (Å²) in [4.78, 5) is 11.6. The third-order valence-electron chi connectivity index (χ3n) is 3.35. The SMILES string of the molecule is CCCC(C)CC(=O)NCCC1CCNC1. The molecule has 1 aliphatic rings. The Kier molecular flexibility index (Phi) is 6.46. The normalized spacial score (nSPS) is 22.0. The molecule has 0 bridgehead atoms. The van der Waals surface area contributed by atoms with E-state index in [0.717, 1.165) is 38.4 Å². The summed E-state index contributed by atoms with van der Waals surface area (Å²) >= 11 is 0. The molecule has 2 unspecified atom stereocenters. The minimum atomic E-state index is 0.229. The van der Waals surface area contributed by atoms with Gasteiger partial charge in [0.1, 0.15) is 0 Å². The topological polar surface area (TPSA) is 41.1 Å². The number of carbonyl (C=O) groups excluding carboxylic acids is 1. The highest BCUT2D eigenvalue weighted by Gasteiger charge is 2.14. The molecule has 0 radical (unpaired) electrons. The van der Waals surface area contributed by atoms with E-state index >= 15 is 0 Å². The van der Waals surface area contributed by atoms with Crippen LogP contribution in [-0.2, 0) is 4.79 Å². The average molecular weight is 226 g/mol. The maximum absolute atomic E-state index is 11.6. The lowest BCUT2D eigenvalue weighted by atomic mass is 10.0. The Morgan fingerprint density at radius 2 is 2.38 bits per heavy atom. The molecule has 0 saturated carbocycles. The number of hydrogen-bond acceptors (Lipinski definition) is 2. The van der Waals surface area contributed by atoms with E-state index in [0.29, 0.717) is 12.3 Å². The van der Waals surface area contributed by atoms with Gasteiger partial charge < -0.3 is 10.6 Å². The second-order valence-corrected chi connectivity index (χ2v) is 5.10. The molecule has 3 heteroatoms. The molecule has 2 atom stereocenters. The number of rotatable bonds is 7. The minimum absolute atomic E-state index is 0.229. The predicted molar refractivity (Wildman–Crippen MR) is 67.3 cm³/mol. The molecule has 94 valence electrons. The molecule has 1 saturated heterocycles. The summed E-state index contributed by atoms with van der Waals surface area (Å²) in [5.74, 6) is 1.53. The van der Waals surface area contributed by atoms with Crippen molar-refractivity contribution >= 4 is 5.91 Å². The van der Waals surface area contributed by atoms with Crippen LogP contribution >= 0.6 is 0 Å². The zero-order valence-corrected chi connectivity index (χ0v) is 10.7. The van der Waals surface area contributed by atoms with E-state index in [9.17, 15) is 4.79 Å². The van der Waals surface area contributed by atoms with E-state index < -0.39 is 0 Å². The summed E-state index contributed by atoms with van der Waals surface area (Å²) in [7, 11) is 0. The summed E-state index contributed by atoms with van der Waals surface area (Å²) in [6.07, 6.45) is 5.40. The first-order valence-electron chi connectivity index (χ1n) is 6.69. The molecular formula is C13H26N2O. The molecule has 1 fully saturated rings. The molecular weight excluding hydrogens is 200 g/mol. The van der Waals surface area contributed by atoms with Crippen molar-refractivity contribution in [1.29, 1.82) is 0 Å². The fourth-order valence-electron chi connectivity index (χ4n) is 2.36. The van der Waals surface area contributed by atoms with Crippen molar-refractivity contribution < 1.29 is 4.79 Å². The summed E-state index contributed by atoms with van der Waals surface area (Å²) < 4.78 is 0. The van der Waals surface area contributed by atoms with Gasteiger partial charge in [0.2, 0.25) is 5.91 Å². The van der Waals surface area contributed by atoms with Crippen molar-refractivity contribution in [2.75, 3.05) is 19.6 Å². The predicted octanol–water partition coefficient (Wildman–Crippen LogP) is 1.93. The van der Waals surface area contributed by atoms with Crippen LogP contribution in [0.15, 0.2) is 0 Å². The highest BCUT2D eigenvalue weighted by Crippen LogP contribution is 2.12. The standard InChI is InChI=1S/C13H26N2O/c1-3-4-11(2)9-13(16)15-8-6-12-5-7-14-10-12/h11-12,14H,3-10H2,1-2H3,(H,15,16). The van der Waals surface area contributed by atoms with Crippen LogP contribution in [-0.4, -0.2) is 25.5 Å². The first-order chi connectivity index (χ1) is 7.72. The Labute approximate surface area is 99.4 Å². The van der Waals surface area contributed by atoms with Gasteiger partial charge >= 0.3 is 0 Å². The molecule has 0 aromatic rings. The molecule has 16 heavy (non-hydrogen) atoms. The van der Waals surface area contributed by atoms with Crippen molar-refractivity contribution in [3.63, 3.8) is 0 Å². The van der Waals surface area contributed by atoms with Gasteiger partial charge in [-0.15, -0.1) is 0 Å². The first-order valence-corrected chi connectivity index (χ1v) is 6.69. The van der Waals surface area contributed by atoms with Gasteiger partial charge in [0.25, 0.3) is 0 Å². The van der Waals surface area contributed by atoms with Crippen molar-refractivity contribution in [1.82, 2.24) is 10.6 Å². The third kappa shape index (κ3) is 5.50. The molecule has 1 amide bonds. The average Bonchev–Trinajstić information content (AvgIpc) is 2.70. The van der Waals surface area contributed by atoms with Crippen LogP contribution in [0.3, 0.4) is 0 Å². The highest BCUT2D eigenvalue weighted by molar-refractivity contribution is 5.76. The van der Waals surface area contributed by atoms with Crippen LogP contribution in [0.4, 0.5) is 0 Å². The van der Waals surface area contributed by atoms with Gasteiger partial charge in [-0.1, -0.05) is 26.7 Å². The quantitative estimate of drug-likeness (QED) is 0.696. The van der Waals surface area contributed by atoms with Gasteiger partial charge in [-0.05, 0) is 37.8 Å². The lowest BCUT2D eigenvalue weighted by Crippen LogP contribution is -2.27. The number of hydrogen-bond donors (Lipinski definition) is 2. The Balaban J connectivity index is 2.01. The molecule has 0 spiro atoms. The zero-order chi connectivity index (χ0) is 11.8. The van der Waals surface area contributed by atoms with Gasteiger partial charge in [0.05, 0.1) is 0 Å². The van der Waals surface area contributed by atoms with Crippen LogP contribution in [0.2, 0.25) is 0 Å². The summed E-state index contributed by atoms with van der Waals surface area (Å²) in [5, 5.41) is 6.38. The molecule has 3 nitrogen and oxygen atoms in total. The molecule has 1 aliphatic heterocycles. The van der Waals surface area contributed by atoms with Crippen molar-refractivity contribution in [2.24, 2.45) is 11.8 Å². The van der Waals surface area contributed by atoms with E-state index in [2.05, 4.69) is 24.5 Å². The molecule has 0 aliphatic carbocycles. The zero-order valence-electron chi connectivity index (χ0n) is 10.7. The summed E-state index contributed by atoms with van der Waals surface area (Å²) in [6.45, 7) is 7.45. The van der Waals surface area contributed by atoms with E-state index in [1.165, 1.54) is 12.8 Å². The van der Waals surface area contributed by atoms with Gasteiger partial charge in [0, 0.05) is 13.0 Å². The maximum atomic E-state index is 11.6. The van der Waals surface area contributed by atoms with Crippen molar-refractivity contribution in [3.8, 4) is 0 Å². The fourth-order valence-corrected chi connectivity index (χ4v) is 2.36. The second-order valence-electron chi connectivity index (χ2n) is 5.10. The van der Waals surface area contributed by atoms with Gasteiger partial charge in [-0.3, -0.25) is 4.79 Å². The fraction of sp³-hybridized carbons (Fsp3) is 0.923. The van der Waals surface area contributed by atoms with E-state index in [1.807, 2.05) is 0 Å². The summed E-state index contributed by atoms with van der Waals surface area (Å²) in [6, 6.07) is 0. The number of nitrogens with one attached hydrogen (secondary N) is 2. The largest absolute Gasteiger partial charge is 0.356 e. The molecule has 0 aromatic heterocycles. The summed E-state index contributed by atoms with van der Waals surface area (Å²) in [5.41, 5.74) is 0. The first kappa shape index (κ1) is 13.5. The Bertz CT molecular complexity index is 200. The molecule has 2 N–H and O–H groups in total. The van der Waals surface area contributed by atoms with E-state index in [-0.39, 0.29) is 5.91 Å². The lowest BCUT2D eigenvalue weighted by Gasteiger charge is -2.12. The van der Waals surface area contributed by atoms with Crippen LogP contribution in [0.5, 0.6) is 0 Å². The number of carbonyl (C=O) groups is 1. The van der Waals surface area contributed by atoms with Crippen molar-refractivity contribution in [3.05, 3.63) is 0 Å². The van der Waals surface area contributed by atoms with Gasteiger partial charge in [-0.2, -0.15) is 0 Å². The monoisotopic (exact) mass is 226 g/mol.